The van der Waals surface area contributed by atoms with E-state index in [1.807, 2.05) is 11.0 Å². The van der Waals surface area contributed by atoms with E-state index < -0.39 is 22.4 Å². The SMILES string of the molecule is N#Cc1cc2c(nc1N1CCN(c3ccc(C(F)(F)F)cc3[N+](=O)[O-])CC1)CCCC2. The van der Waals surface area contributed by atoms with Crippen LogP contribution in [-0.4, -0.2) is 36.1 Å². The molecular formula is C21H20F3N5O2. The third-order valence-electron chi connectivity index (χ3n) is 5.82. The Kier molecular flexibility index (Phi) is 5.43. The van der Waals surface area contributed by atoms with Gasteiger partial charge in [0.15, 0.2) is 0 Å². The van der Waals surface area contributed by atoms with Crippen molar-refractivity contribution in [1.29, 1.82) is 5.26 Å². The smallest absolute Gasteiger partial charge is 0.362 e. The monoisotopic (exact) mass is 431 g/mol. The maximum atomic E-state index is 13.0. The average Bonchev–Trinajstić information content (AvgIpc) is 2.77. The zero-order chi connectivity index (χ0) is 22.2. The summed E-state index contributed by atoms with van der Waals surface area (Å²) in [7, 11) is 0. The van der Waals surface area contributed by atoms with Gasteiger partial charge in [0.25, 0.3) is 5.69 Å². The van der Waals surface area contributed by atoms with Gasteiger partial charge in [-0.3, -0.25) is 10.1 Å². The molecule has 2 heterocycles. The predicted molar refractivity (Wildman–Crippen MR) is 108 cm³/mol. The molecule has 162 valence electrons. The lowest BCUT2D eigenvalue weighted by molar-refractivity contribution is -0.384. The van der Waals surface area contributed by atoms with Crippen molar-refractivity contribution in [2.24, 2.45) is 0 Å². The number of fused-ring (bicyclic) bond motifs is 1. The van der Waals surface area contributed by atoms with Gasteiger partial charge in [0.05, 0.1) is 16.1 Å². The van der Waals surface area contributed by atoms with E-state index in [4.69, 9.17) is 4.98 Å². The first-order chi connectivity index (χ1) is 14.8. The van der Waals surface area contributed by atoms with Crippen molar-refractivity contribution in [3.63, 3.8) is 0 Å². The Morgan fingerprint density at radius 3 is 2.39 bits per heavy atom. The molecule has 31 heavy (non-hydrogen) atoms. The molecule has 1 aliphatic heterocycles. The summed E-state index contributed by atoms with van der Waals surface area (Å²) in [6.07, 6.45) is -0.692. The minimum atomic E-state index is -4.65. The predicted octanol–water partition coefficient (Wildman–Crippen LogP) is 4.09. The first kappa shape index (κ1) is 20.9. The number of halogens is 3. The Labute approximate surface area is 176 Å². The first-order valence-corrected chi connectivity index (χ1v) is 10.1. The molecule has 0 amide bonds. The van der Waals surface area contributed by atoms with Gasteiger partial charge in [-0.15, -0.1) is 0 Å². The average molecular weight is 431 g/mol. The van der Waals surface area contributed by atoms with Crippen LogP contribution >= 0.6 is 0 Å². The van der Waals surface area contributed by atoms with E-state index in [0.717, 1.165) is 49.1 Å². The number of hydrogen-bond donors (Lipinski definition) is 0. The standard InChI is InChI=1S/C21H20F3N5O2/c22-21(23,24)16-5-6-18(19(12-16)29(30)31)27-7-9-28(10-8-27)20-15(13-25)11-14-3-1-2-4-17(14)26-20/h5-6,11-12H,1-4,7-10H2. The second kappa shape index (κ2) is 8.06. The highest BCUT2D eigenvalue weighted by atomic mass is 19.4. The van der Waals surface area contributed by atoms with E-state index in [0.29, 0.717) is 43.6 Å². The maximum absolute atomic E-state index is 13.0. The molecule has 10 heteroatoms. The number of rotatable bonds is 3. The first-order valence-electron chi connectivity index (χ1n) is 10.1. The Bertz CT molecular complexity index is 1060. The zero-order valence-corrected chi connectivity index (χ0v) is 16.7. The summed E-state index contributed by atoms with van der Waals surface area (Å²) in [6, 6.07) is 6.74. The molecule has 0 spiro atoms. The molecule has 1 aromatic carbocycles. The highest BCUT2D eigenvalue weighted by Gasteiger charge is 2.34. The van der Waals surface area contributed by atoms with Crippen LogP contribution in [0.15, 0.2) is 24.3 Å². The lowest BCUT2D eigenvalue weighted by atomic mass is 9.95. The molecule has 1 aromatic heterocycles. The highest BCUT2D eigenvalue weighted by Crippen LogP contribution is 2.37. The number of alkyl halides is 3. The van der Waals surface area contributed by atoms with E-state index in [1.54, 1.807) is 4.90 Å². The van der Waals surface area contributed by atoms with Crippen molar-refractivity contribution in [3.8, 4) is 6.07 Å². The topological polar surface area (TPSA) is 86.3 Å². The molecule has 7 nitrogen and oxygen atoms in total. The van der Waals surface area contributed by atoms with Crippen LogP contribution in [0.2, 0.25) is 0 Å². The Hall–Kier alpha value is -3.35. The lowest BCUT2D eigenvalue weighted by Crippen LogP contribution is -2.47. The van der Waals surface area contributed by atoms with Gasteiger partial charge in [-0.05, 0) is 49.4 Å². The number of nitrogens with zero attached hydrogens (tertiary/aromatic N) is 5. The van der Waals surface area contributed by atoms with Crippen molar-refractivity contribution in [1.82, 2.24) is 4.98 Å². The summed E-state index contributed by atoms with van der Waals surface area (Å²) in [4.78, 5) is 19.0. The Morgan fingerprint density at radius 1 is 1.06 bits per heavy atom. The number of pyridine rings is 1. The van der Waals surface area contributed by atoms with Crippen LogP contribution in [0.3, 0.4) is 0 Å². The van der Waals surface area contributed by atoms with E-state index in [-0.39, 0.29) is 5.69 Å². The lowest BCUT2D eigenvalue weighted by Gasteiger charge is -2.37. The van der Waals surface area contributed by atoms with Crippen LogP contribution in [0.5, 0.6) is 0 Å². The van der Waals surface area contributed by atoms with Crippen molar-refractivity contribution in [3.05, 3.63) is 56.8 Å². The Balaban J connectivity index is 1.56. The molecule has 1 saturated heterocycles. The largest absolute Gasteiger partial charge is 0.416 e. The summed E-state index contributed by atoms with van der Waals surface area (Å²) < 4.78 is 38.9. The number of aromatic nitrogens is 1. The maximum Gasteiger partial charge on any atom is 0.416 e. The summed E-state index contributed by atoms with van der Waals surface area (Å²) >= 11 is 0. The fourth-order valence-electron chi connectivity index (χ4n) is 4.22. The quantitative estimate of drug-likeness (QED) is 0.538. The molecule has 0 unspecified atom stereocenters. The van der Waals surface area contributed by atoms with Crippen molar-refractivity contribution in [2.45, 2.75) is 31.9 Å². The molecule has 0 N–H and O–H groups in total. The van der Waals surface area contributed by atoms with Gasteiger partial charge in [0.1, 0.15) is 17.6 Å². The van der Waals surface area contributed by atoms with Crippen LogP contribution in [-0.2, 0) is 19.0 Å². The van der Waals surface area contributed by atoms with Gasteiger partial charge in [0, 0.05) is 37.9 Å². The fraction of sp³-hybridized carbons (Fsp3) is 0.429. The molecule has 0 saturated carbocycles. The number of nitriles is 1. The van der Waals surface area contributed by atoms with Gasteiger partial charge in [-0.1, -0.05) is 0 Å². The molecule has 0 bridgehead atoms. The molecule has 4 rings (SSSR count). The number of benzene rings is 1. The molecule has 2 aromatic rings. The fourth-order valence-corrected chi connectivity index (χ4v) is 4.22. The normalized spacial score (nSPS) is 16.6. The number of nitro benzene ring substituents is 1. The van der Waals surface area contributed by atoms with E-state index >= 15 is 0 Å². The third-order valence-corrected chi connectivity index (χ3v) is 5.82. The van der Waals surface area contributed by atoms with Crippen LogP contribution < -0.4 is 9.80 Å². The van der Waals surface area contributed by atoms with Crippen LogP contribution in [0.25, 0.3) is 0 Å². The van der Waals surface area contributed by atoms with Crippen molar-refractivity contribution < 1.29 is 18.1 Å². The van der Waals surface area contributed by atoms with E-state index in [1.165, 1.54) is 0 Å². The molecule has 1 fully saturated rings. The summed E-state index contributed by atoms with van der Waals surface area (Å²) in [5, 5.41) is 21.0. The van der Waals surface area contributed by atoms with Crippen molar-refractivity contribution >= 4 is 17.2 Å². The number of aryl methyl sites for hydroxylation is 2. The molecule has 1 aliphatic carbocycles. The summed E-state index contributed by atoms with van der Waals surface area (Å²) in [5.74, 6) is 0.615. The third kappa shape index (κ3) is 4.13. The van der Waals surface area contributed by atoms with Gasteiger partial charge >= 0.3 is 6.18 Å². The summed E-state index contributed by atoms with van der Waals surface area (Å²) in [6.45, 7) is 1.66. The minimum Gasteiger partial charge on any atom is -0.362 e. The van der Waals surface area contributed by atoms with Crippen LogP contribution in [0.4, 0.5) is 30.4 Å². The second-order valence-electron chi connectivity index (χ2n) is 7.72. The van der Waals surface area contributed by atoms with Gasteiger partial charge < -0.3 is 9.80 Å². The Morgan fingerprint density at radius 2 is 1.74 bits per heavy atom. The number of hydrogen-bond acceptors (Lipinski definition) is 6. The number of anilines is 2. The second-order valence-corrected chi connectivity index (χ2v) is 7.72. The molecule has 0 radical (unpaired) electrons. The number of nitro groups is 1. The van der Waals surface area contributed by atoms with Crippen LogP contribution in [0.1, 0.15) is 35.2 Å². The molecular weight excluding hydrogens is 411 g/mol. The highest BCUT2D eigenvalue weighted by molar-refractivity contribution is 5.66. The van der Waals surface area contributed by atoms with Gasteiger partial charge in [-0.2, -0.15) is 18.4 Å². The van der Waals surface area contributed by atoms with Crippen molar-refractivity contribution in [2.75, 3.05) is 36.0 Å². The van der Waals surface area contributed by atoms with Gasteiger partial charge in [-0.25, -0.2) is 4.98 Å². The summed E-state index contributed by atoms with van der Waals surface area (Å²) in [5.41, 5.74) is 1.20. The zero-order valence-electron chi connectivity index (χ0n) is 16.7. The molecule has 2 aliphatic rings. The van der Waals surface area contributed by atoms with Crippen LogP contribution in [0, 0.1) is 21.4 Å². The van der Waals surface area contributed by atoms with E-state index in [2.05, 4.69) is 6.07 Å². The van der Waals surface area contributed by atoms with E-state index in [9.17, 15) is 28.5 Å². The number of piperazine rings is 1. The minimum absolute atomic E-state index is 0.163. The van der Waals surface area contributed by atoms with Gasteiger partial charge in [0.2, 0.25) is 0 Å². The molecule has 0 atom stereocenters.